The number of fused-ring (bicyclic) bond motifs is 1. The lowest BCUT2D eigenvalue weighted by molar-refractivity contribution is -0.127. The summed E-state index contributed by atoms with van der Waals surface area (Å²) in [7, 11) is 0. The quantitative estimate of drug-likeness (QED) is 0.398. The molecular weight excluding hydrogens is 430 g/mol. The highest BCUT2D eigenvalue weighted by Gasteiger charge is 2.32. The van der Waals surface area contributed by atoms with E-state index in [1.165, 1.54) is 0 Å². The summed E-state index contributed by atoms with van der Waals surface area (Å²) in [6, 6.07) is 21.2. The van der Waals surface area contributed by atoms with Crippen LogP contribution in [0.1, 0.15) is 39.2 Å². The normalized spacial score (nSPS) is 14.6. The van der Waals surface area contributed by atoms with E-state index in [-0.39, 0.29) is 23.3 Å². The second-order valence-corrected chi connectivity index (χ2v) is 10.5. The Morgan fingerprint density at radius 1 is 0.939 bits per heavy atom. The lowest BCUT2D eigenvalue weighted by Gasteiger charge is -2.21. The second kappa shape index (κ2) is 9.98. The van der Waals surface area contributed by atoms with Crippen LogP contribution < -0.4 is 15.4 Å². The summed E-state index contributed by atoms with van der Waals surface area (Å²) >= 11 is 1.59. The number of rotatable bonds is 8. The predicted molar refractivity (Wildman–Crippen MR) is 136 cm³/mol. The van der Waals surface area contributed by atoms with Crippen molar-refractivity contribution >= 4 is 40.2 Å². The van der Waals surface area contributed by atoms with Crippen LogP contribution in [0.4, 0.5) is 5.69 Å². The van der Waals surface area contributed by atoms with Gasteiger partial charge in [0.05, 0.1) is 0 Å². The van der Waals surface area contributed by atoms with Crippen LogP contribution in [0, 0.1) is 5.92 Å². The van der Waals surface area contributed by atoms with Gasteiger partial charge in [0.2, 0.25) is 11.8 Å². The molecule has 1 aliphatic carbocycles. The van der Waals surface area contributed by atoms with Crippen molar-refractivity contribution in [3.63, 3.8) is 0 Å². The highest BCUT2D eigenvalue weighted by molar-refractivity contribution is 7.97. The van der Waals surface area contributed by atoms with Crippen LogP contribution in [-0.4, -0.2) is 23.4 Å². The molecule has 5 nitrogen and oxygen atoms in total. The van der Waals surface area contributed by atoms with Gasteiger partial charge < -0.3 is 10.6 Å². The molecule has 0 heterocycles. The van der Waals surface area contributed by atoms with Crippen LogP contribution in [0.2, 0.25) is 0 Å². The van der Waals surface area contributed by atoms with E-state index in [0.29, 0.717) is 6.42 Å². The van der Waals surface area contributed by atoms with Gasteiger partial charge in [0, 0.05) is 33.8 Å². The van der Waals surface area contributed by atoms with Gasteiger partial charge in [-0.3, -0.25) is 14.3 Å². The van der Waals surface area contributed by atoms with Crippen molar-refractivity contribution in [3.05, 3.63) is 72.3 Å². The number of hydrogen-bond donors (Lipinski definition) is 3. The molecule has 0 bridgehead atoms. The maximum atomic E-state index is 13.3. The first kappa shape index (κ1) is 23.3. The van der Waals surface area contributed by atoms with Crippen LogP contribution in [0.25, 0.3) is 10.8 Å². The van der Waals surface area contributed by atoms with Crippen molar-refractivity contribution in [1.29, 1.82) is 0 Å². The van der Waals surface area contributed by atoms with E-state index in [4.69, 9.17) is 0 Å². The second-order valence-electron chi connectivity index (χ2n) is 9.63. The van der Waals surface area contributed by atoms with Crippen LogP contribution in [0.5, 0.6) is 0 Å². The molecule has 3 aromatic rings. The summed E-state index contributed by atoms with van der Waals surface area (Å²) in [5, 5.41) is 8.10. The number of benzene rings is 3. The molecule has 0 spiro atoms. The summed E-state index contributed by atoms with van der Waals surface area (Å²) in [4.78, 5) is 26.9. The zero-order valence-electron chi connectivity index (χ0n) is 19.4. The summed E-state index contributed by atoms with van der Waals surface area (Å²) < 4.78 is 3.46. The van der Waals surface area contributed by atoms with E-state index < -0.39 is 6.04 Å². The molecule has 3 N–H and O–H groups in total. The highest BCUT2D eigenvalue weighted by Crippen LogP contribution is 2.32. The fourth-order valence-corrected chi connectivity index (χ4v) is 4.45. The Kier molecular flexibility index (Phi) is 7.05. The minimum atomic E-state index is -0.629. The molecule has 33 heavy (non-hydrogen) atoms. The standard InChI is InChI=1S/C27H31N3O2S/c1-27(2,3)30-33-24-14-8-11-20-21(24)12-7-13-22(20)28-26(32)23(29-25(31)19-15-16-19)17-18-9-5-4-6-10-18/h4-14,19,23,30H,15-17H2,1-3H3,(H,28,32)(H,29,31)/t23-/m0/s1. The third kappa shape index (κ3) is 6.36. The molecule has 0 saturated heterocycles. The van der Waals surface area contributed by atoms with Crippen LogP contribution in [0.3, 0.4) is 0 Å². The summed E-state index contributed by atoms with van der Waals surface area (Å²) in [5.74, 6) is -0.189. The molecule has 3 aromatic carbocycles. The van der Waals surface area contributed by atoms with Gasteiger partial charge in [-0.05, 0) is 68.6 Å². The number of nitrogens with one attached hydrogen (secondary N) is 3. The Hall–Kier alpha value is -2.83. The van der Waals surface area contributed by atoms with E-state index in [2.05, 4.69) is 48.3 Å². The molecule has 0 radical (unpaired) electrons. The van der Waals surface area contributed by atoms with E-state index in [1.54, 1.807) is 11.9 Å². The first-order valence-electron chi connectivity index (χ1n) is 11.4. The fourth-order valence-electron chi connectivity index (χ4n) is 3.60. The van der Waals surface area contributed by atoms with E-state index in [0.717, 1.165) is 39.8 Å². The Morgan fingerprint density at radius 2 is 1.64 bits per heavy atom. The Morgan fingerprint density at radius 3 is 2.33 bits per heavy atom. The molecule has 1 fully saturated rings. The van der Waals surface area contributed by atoms with Gasteiger partial charge in [0.1, 0.15) is 6.04 Å². The molecule has 172 valence electrons. The minimum Gasteiger partial charge on any atom is -0.344 e. The highest BCUT2D eigenvalue weighted by atomic mass is 32.2. The molecule has 1 saturated carbocycles. The fraction of sp³-hybridized carbons (Fsp3) is 0.333. The average molecular weight is 462 g/mol. The summed E-state index contributed by atoms with van der Waals surface area (Å²) in [5.41, 5.74) is 1.73. The molecule has 4 rings (SSSR count). The molecular formula is C27H31N3O2S. The van der Waals surface area contributed by atoms with Crippen molar-refractivity contribution in [1.82, 2.24) is 10.0 Å². The molecule has 1 aliphatic rings. The van der Waals surface area contributed by atoms with Crippen LogP contribution in [0.15, 0.2) is 71.6 Å². The molecule has 1 atom stereocenters. The van der Waals surface area contributed by atoms with Crippen molar-refractivity contribution in [2.75, 3.05) is 5.32 Å². The number of hydrogen-bond acceptors (Lipinski definition) is 4. The lowest BCUT2D eigenvalue weighted by atomic mass is 10.0. The van der Waals surface area contributed by atoms with Crippen molar-refractivity contribution in [2.24, 2.45) is 5.92 Å². The maximum absolute atomic E-state index is 13.3. The van der Waals surface area contributed by atoms with E-state index in [9.17, 15) is 9.59 Å². The molecule has 6 heteroatoms. The maximum Gasteiger partial charge on any atom is 0.247 e. The lowest BCUT2D eigenvalue weighted by Crippen LogP contribution is -2.45. The predicted octanol–water partition coefficient (Wildman–Crippen LogP) is 5.31. The zero-order valence-corrected chi connectivity index (χ0v) is 20.2. The van der Waals surface area contributed by atoms with Gasteiger partial charge in [0.25, 0.3) is 0 Å². The van der Waals surface area contributed by atoms with Gasteiger partial charge in [-0.1, -0.05) is 54.6 Å². The Bertz CT molecular complexity index is 1140. The third-order valence-electron chi connectivity index (χ3n) is 5.47. The Balaban J connectivity index is 1.56. The van der Waals surface area contributed by atoms with Crippen molar-refractivity contribution in [2.45, 2.75) is 56.5 Å². The van der Waals surface area contributed by atoms with Gasteiger partial charge in [-0.15, -0.1) is 0 Å². The summed E-state index contributed by atoms with van der Waals surface area (Å²) in [6.45, 7) is 6.37. The monoisotopic (exact) mass is 461 g/mol. The van der Waals surface area contributed by atoms with E-state index >= 15 is 0 Å². The van der Waals surface area contributed by atoms with Crippen molar-refractivity contribution in [3.8, 4) is 0 Å². The summed E-state index contributed by atoms with van der Waals surface area (Å²) in [6.07, 6.45) is 2.25. The van der Waals surface area contributed by atoms with Gasteiger partial charge in [-0.25, -0.2) is 0 Å². The van der Waals surface area contributed by atoms with Crippen LogP contribution in [-0.2, 0) is 16.0 Å². The first-order chi connectivity index (χ1) is 15.8. The number of anilines is 1. The average Bonchev–Trinajstić information content (AvgIpc) is 3.63. The largest absolute Gasteiger partial charge is 0.344 e. The van der Waals surface area contributed by atoms with Gasteiger partial charge in [-0.2, -0.15) is 0 Å². The zero-order chi connectivity index (χ0) is 23.4. The number of amides is 2. The van der Waals surface area contributed by atoms with Gasteiger partial charge >= 0.3 is 0 Å². The Labute approximate surface area is 199 Å². The smallest absolute Gasteiger partial charge is 0.247 e. The molecule has 0 aliphatic heterocycles. The van der Waals surface area contributed by atoms with Crippen LogP contribution >= 0.6 is 11.9 Å². The van der Waals surface area contributed by atoms with Gasteiger partial charge in [0.15, 0.2) is 0 Å². The van der Waals surface area contributed by atoms with E-state index in [1.807, 2.05) is 54.6 Å². The molecule has 0 aromatic heterocycles. The number of carbonyl (C=O) groups excluding carboxylic acids is 2. The molecule has 2 amide bonds. The third-order valence-corrected chi connectivity index (χ3v) is 6.76. The SMILES string of the molecule is CC(C)(C)NSc1cccc2c(NC(=O)[C@H](Cc3ccccc3)NC(=O)C3CC3)cccc12. The first-order valence-corrected chi connectivity index (χ1v) is 12.2. The topological polar surface area (TPSA) is 70.2 Å². The molecule has 0 unspecified atom stereocenters. The minimum absolute atomic E-state index is 0.0247. The number of carbonyl (C=O) groups is 2. The van der Waals surface area contributed by atoms with Crippen molar-refractivity contribution < 1.29 is 9.59 Å².